The number of hydrogen-bond acceptors (Lipinski definition) is 3. The molecule has 0 unspecified atom stereocenters. The standard InChI is InChI=1S/C21H22F4N2O3S/c1-11-9-12(2)14(4)20(13(11)3)31(29,30)27-7-5-26(6-8-27)21(28)15-10-16(22)18(24)19(25)17(15)23/h9-10H,5-8H2,1-4H3. The van der Waals surface area contributed by atoms with Gasteiger partial charge >= 0.3 is 0 Å². The fraction of sp³-hybridized carbons (Fsp3) is 0.381. The maximum atomic E-state index is 14.0. The Bertz CT molecular complexity index is 1150. The largest absolute Gasteiger partial charge is 0.336 e. The number of sulfonamides is 1. The third-order valence-corrected chi connectivity index (χ3v) is 7.93. The van der Waals surface area contributed by atoms with Crippen LogP contribution in [0.1, 0.15) is 32.6 Å². The Balaban J connectivity index is 1.84. The maximum Gasteiger partial charge on any atom is 0.257 e. The molecule has 1 fully saturated rings. The summed E-state index contributed by atoms with van der Waals surface area (Å²) in [6.45, 7) is 6.74. The summed E-state index contributed by atoms with van der Waals surface area (Å²) in [7, 11) is -3.86. The number of rotatable bonds is 3. The van der Waals surface area contributed by atoms with E-state index in [2.05, 4.69) is 0 Å². The second-order valence-electron chi connectivity index (χ2n) is 7.63. The van der Waals surface area contributed by atoms with E-state index in [9.17, 15) is 30.8 Å². The van der Waals surface area contributed by atoms with Crippen molar-refractivity contribution < 1.29 is 30.8 Å². The molecule has 0 aliphatic carbocycles. The summed E-state index contributed by atoms with van der Waals surface area (Å²) < 4.78 is 81.8. The summed E-state index contributed by atoms with van der Waals surface area (Å²) in [5, 5.41) is 0. The first kappa shape index (κ1) is 23.2. The van der Waals surface area contributed by atoms with Gasteiger partial charge in [-0.05, 0) is 56.0 Å². The van der Waals surface area contributed by atoms with Crippen molar-refractivity contribution in [2.75, 3.05) is 26.2 Å². The topological polar surface area (TPSA) is 57.7 Å². The Kier molecular flexibility index (Phi) is 6.16. The molecule has 10 heteroatoms. The lowest BCUT2D eigenvalue weighted by Gasteiger charge is -2.35. The fourth-order valence-corrected chi connectivity index (χ4v) is 5.73. The maximum absolute atomic E-state index is 14.0. The smallest absolute Gasteiger partial charge is 0.257 e. The molecule has 0 saturated carbocycles. The lowest BCUT2D eigenvalue weighted by atomic mass is 10.0. The fourth-order valence-electron chi connectivity index (χ4n) is 3.73. The van der Waals surface area contributed by atoms with Crippen molar-refractivity contribution in [2.24, 2.45) is 0 Å². The summed E-state index contributed by atoms with van der Waals surface area (Å²) in [5.74, 6) is -8.55. The number of carbonyl (C=O) groups is 1. The highest BCUT2D eigenvalue weighted by atomic mass is 32.2. The highest BCUT2D eigenvalue weighted by molar-refractivity contribution is 7.89. The van der Waals surface area contributed by atoms with Gasteiger partial charge in [0.25, 0.3) is 5.91 Å². The van der Waals surface area contributed by atoms with Crippen LogP contribution in [-0.4, -0.2) is 49.7 Å². The van der Waals surface area contributed by atoms with Gasteiger partial charge in [0.05, 0.1) is 10.5 Å². The van der Waals surface area contributed by atoms with Crippen molar-refractivity contribution in [1.29, 1.82) is 0 Å². The predicted octanol–water partition coefficient (Wildman–Crippen LogP) is 3.62. The molecule has 0 aromatic heterocycles. The SMILES string of the molecule is Cc1cc(C)c(C)c(S(=O)(=O)N2CCN(C(=O)c3cc(F)c(F)c(F)c3F)CC2)c1C. The minimum absolute atomic E-state index is 0.0757. The minimum Gasteiger partial charge on any atom is -0.336 e. The number of carbonyl (C=O) groups excluding carboxylic acids is 1. The summed E-state index contributed by atoms with van der Waals surface area (Å²) in [4.78, 5) is 13.8. The molecule has 1 aliphatic rings. The van der Waals surface area contributed by atoms with Crippen molar-refractivity contribution in [1.82, 2.24) is 9.21 Å². The normalized spacial score (nSPS) is 15.4. The molecule has 0 spiro atoms. The molecule has 0 N–H and O–H groups in total. The molecule has 1 aliphatic heterocycles. The van der Waals surface area contributed by atoms with E-state index in [1.165, 1.54) is 4.31 Å². The Morgan fingerprint density at radius 2 is 1.32 bits per heavy atom. The average molecular weight is 458 g/mol. The molecule has 3 rings (SSSR count). The first-order valence-electron chi connectivity index (χ1n) is 9.57. The molecule has 2 aromatic carbocycles. The zero-order valence-electron chi connectivity index (χ0n) is 17.5. The van der Waals surface area contributed by atoms with E-state index in [0.717, 1.165) is 16.0 Å². The molecule has 1 amide bonds. The van der Waals surface area contributed by atoms with Crippen LogP contribution in [0.5, 0.6) is 0 Å². The summed E-state index contributed by atoms with van der Waals surface area (Å²) in [5.41, 5.74) is 2.02. The van der Waals surface area contributed by atoms with Gasteiger partial charge < -0.3 is 4.90 Å². The van der Waals surface area contributed by atoms with E-state index in [1.807, 2.05) is 19.9 Å². The Morgan fingerprint density at radius 3 is 1.84 bits per heavy atom. The van der Waals surface area contributed by atoms with Gasteiger partial charge in [0.15, 0.2) is 23.3 Å². The van der Waals surface area contributed by atoms with Gasteiger partial charge in [0, 0.05) is 26.2 Å². The first-order valence-corrected chi connectivity index (χ1v) is 11.0. The number of amides is 1. The monoisotopic (exact) mass is 458 g/mol. The molecular weight excluding hydrogens is 436 g/mol. The van der Waals surface area contributed by atoms with E-state index < -0.39 is 44.8 Å². The van der Waals surface area contributed by atoms with Crippen LogP contribution in [0.15, 0.2) is 17.0 Å². The summed E-state index contributed by atoms with van der Waals surface area (Å²) >= 11 is 0. The van der Waals surface area contributed by atoms with E-state index in [0.29, 0.717) is 17.2 Å². The highest BCUT2D eigenvalue weighted by Crippen LogP contribution is 2.29. The molecule has 5 nitrogen and oxygen atoms in total. The number of benzene rings is 2. The zero-order valence-corrected chi connectivity index (χ0v) is 18.3. The number of hydrogen-bond donors (Lipinski definition) is 0. The molecule has 0 atom stereocenters. The summed E-state index contributed by atoms with van der Waals surface area (Å²) in [6, 6.07) is 2.22. The lowest BCUT2D eigenvalue weighted by Crippen LogP contribution is -2.50. The third kappa shape index (κ3) is 3.94. The van der Waals surface area contributed by atoms with Crippen LogP contribution in [0.25, 0.3) is 0 Å². The Labute approximate surface area is 178 Å². The van der Waals surface area contributed by atoms with Crippen LogP contribution < -0.4 is 0 Å². The van der Waals surface area contributed by atoms with E-state index in [4.69, 9.17) is 0 Å². The van der Waals surface area contributed by atoms with Crippen LogP contribution in [0.3, 0.4) is 0 Å². The van der Waals surface area contributed by atoms with Gasteiger partial charge in [0.2, 0.25) is 10.0 Å². The van der Waals surface area contributed by atoms with Gasteiger partial charge in [-0.1, -0.05) is 6.07 Å². The van der Waals surface area contributed by atoms with Crippen LogP contribution >= 0.6 is 0 Å². The van der Waals surface area contributed by atoms with Crippen LogP contribution in [-0.2, 0) is 10.0 Å². The molecule has 1 heterocycles. The molecule has 0 bridgehead atoms. The van der Waals surface area contributed by atoms with Gasteiger partial charge in [-0.15, -0.1) is 0 Å². The molecule has 31 heavy (non-hydrogen) atoms. The van der Waals surface area contributed by atoms with E-state index in [-0.39, 0.29) is 31.1 Å². The predicted molar refractivity (Wildman–Crippen MR) is 106 cm³/mol. The van der Waals surface area contributed by atoms with Gasteiger partial charge in [0.1, 0.15) is 0 Å². The van der Waals surface area contributed by atoms with Crippen molar-refractivity contribution in [2.45, 2.75) is 32.6 Å². The van der Waals surface area contributed by atoms with Gasteiger partial charge in [-0.3, -0.25) is 4.79 Å². The van der Waals surface area contributed by atoms with Crippen molar-refractivity contribution in [3.63, 3.8) is 0 Å². The second kappa shape index (κ2) is 8.23. The number of nitrogens with zero attached hydrogens (tertiary/aromatic N) is 2. The molecule has 0 radical (unpaired) electrons. The highest BCUT2D eigenvalue weighted by Gasteiger charge is 2.34. The Hall–Kier alpha value is -2.46. The first-order chi connectivity index (χ1) is 14.4. The summed E-state index contributed by atoms with van der Waals surface area (Å²) in [6.07, 6.45) is 0. The minimum atomic E-state index is -3.86. The number of aryl methyl sites for hydroxylation is 2. The molecular formula is C21H22F4N2O3S. The number of halogens is 4. The van der Waals surface area contributed by atoms with Gasteiger partial charge in [-0.25, -0.2) is 26.0 Å². The van der Waals surface area contributed by atoms with Crippen LogP contribution in [0.2, 0.25) is 0 Å². The third-order valence-electron chi connectivity index (χ3n) is 5.75. The average Bonchev–Trinajstić information content (AvgIpc) is 2.73. The van der Waals surface area contributed by atoms with Crippen molar-refractivity contribution >= 4 is 15.9 Å². The second-order valence-corrected chi connectivity index (χ2v) is 9.51. The van der Waals surface area contributed by atoms with Crippen LogP contribution in [0.4, 0.5) is 17.6 Å². The lowest BCUT2D eigenvalue weighted by molar-refractivity contribution is 0.0691. The van der Waals surface area contributed by atoms with Crippen molar-refractivity contribution in [3.8, 4) is 0 Å². The van der Waals surface area contributed by atoms with Crippen molar-refractivity contribution in [3.05, 3.63) is 63.2 Å². The van der Waals surface area contributed by atoms with E-state index in [1.54, 1.807) is 13.8 Å². The number of piperazine rings is 1. The van der Waals surface area contributed by atoms with Gasteiger partial charge in [-0.2, -0.15) is 4.31 Å². The zero-order chi connectivity index (χ0) is 23.2. The molecule has 168 valence electrons. The quantitative estimate of drug-likeness (QED) is 0.401. The van der Waals surface area contributed by atoms with E-state index >= 15 is 0 Å². The molecule has 1 saturated heterocycles. The molecule has 2 aromatic rings. The Morgan fingerprint density at radius 1 is 0.806 bits per heavy atom. The van der Waals surface area contributed by atoms with Crippen LogP contribution in [0, 0.1) is 51.0 Å².